The number of aliphatic hydroxyl groups excluding tert-OH is 2. The van der Waals surface area contributed by atoms with Crippen molar-refractivity contribution >= 4 is 17.7 Å². The summed E-state index contributed by atoms with van der Waals surface area (Å²) in [6, 6.07) is -0.528. The van der Waals surface area contributed by atoms with Crippen molar-refractivity contribution in [3.05, 3.63) is 0 Å². The van der Waals surface area contributed by atoms with Gasteiger partial charge in [-0.15, -0.1) is 11.8 Å². The number of hydrogen-bond acceptors (Lipinski definition) is 4. The van der Waals surface area contributed by atoms with Gasteiger partial charge in [0.1, 0.15) is 0 Å². The molecule has 0 saturated heterocycles. The van der Waals surface area contributed by atoms with Gasteiger partial charge in [0.2, 0.25) is 5.91 Å². The minimum absolute atomic E-state index is 0.146. The molecule has 0 spiro atoms. The summed E-state index contributed by atoms with van der Waals surface area (Å²) in [5, 5.41) is 20.3. The lowest BCUT2D eigenvalue weighted by molar-refractivity contribution is -0.119. The van der Waals surface area contributed by atoms with Crippen molar-refractivity contribution in [2.45, 2.75) is 25.1 Å². The molecule has 0 aromatic heterocycles. The molecular formula is C8H17NO3S. The molecule has 4 nitrogen and oxygen atoms in total. The Labute approximate surface area is 82.7 Å². The average Bonchev–Trinajstić information content (AvgIpc) is 2.10. The lowest BCUT2D eigenvalue weighted by Gasteiger charge is -2.13. The van der Waals surface area contributed by atoms with E-state index < -0.39 is 6.04 Å². The standard InChI is InChI=1S/C8H17NO3S/c1-6(2)13-5-8(12)9-7(3-10)4-11/h6-7,10-11H,3-5H2,1-2H3,(H,9,12). The van der Waals surface area contributed by atoms with Crippen LogP contribution in [0.4, 0.5) is 0 Å². The van der Waals surface area contributed by atoms with Gasteiger partial charge in [-0.2, -0.15) is 0 Å². The van der Waals surface area contributed by atoms with Crippen molar-refractivity contribution in [1.82, 2.24) is 5.32 Å². The zero-order valence-electron chi connectivity index (χ0n) is 7.99. The molecule has 0 bridgehead atoms. The van der Waals surface area contributed by atoms with Crippen LogP contribution in [0.25, 0.3) is 0 Å². The summed E-state index contributed by atoms with van der Waals surface area (Å²) < 4.78 is 0. The van der Waals surface area contributed by atoms with Crippen LogP contribution in [0, 0.1) is 0 Å². The fourth-order valence-corrected chi connectivity index (χ4v) is 1.23. The van der Waals surface area contributed by atoms with Gasteiger partial charge in [0.25, 0.3) is 0 Å². The number of rotatable bonds is 6. The molecule has 0 aliphatic heterocycles. The van der Waals surface area contributed by atoms with Crippen LogP contribution < -0.4 is 5.32 Å². The average molecular weight is 207 g/mol. The predicted molar refractivity (Wildman–Crippen MR) is 53.7 cm³/mol. The number of thioether (sulfide) groups is 1. The first kappa shape index (κ1) is 12.7. The van der Waals surface area contributed by atoms with Gasteiger partial charge in [-0.1, -0.05) is 13.8 Å². The molecule has 0 atom stereocenters. The Balaban J connectivity index is 3.60. The number of amides is 1. The minimum Gasteiger partial charge on any atom is -0.394 e. The minimum atomic E-state index is -0.528. The quantitative estimate of drug-likeness (QED) is 0.554. The highest BCUT2D eigenvalue weighted by molar-refractivity contribution is 8.00. The van der Waals surface area contributed by atoms with Gasteiger partial charge in [0.15, 0.2) is 0 Å². The molecular weight excluding hydrogens is 190 g/mol. The van der Waals surface area contributed by atoms with Gasteiger partial charge < -0.3 is 15.5 Å². The smallest absolute Gasteiger partial charge is 0.230 e. The first-order chi connectivity index (χ1) is 6.10. The zero-order chi connectivity index (χ0) is 10.3. The number of nitrogens with one attached hydrogen (secondary N) is 1. The first-order valence-corrected chi connectivity index (χ1v) is 5.27. The third-order valence-electron chi connectivity index (χ3n) is 1.35. The van der Waals surface area contributed by atoms with Crippen molar-refractivity contribution in [2.75, 3.05) is 19.0 Å². The molecule has 0 rings (SSSR count). The molecule has 78 valence electrons. The van der Waals surface area contributed by atoms with Crippen LogP contribution in [0.15, 0.2) is 0 Å². The maximum atomic E-state index is 11.1. The molecule has 5 heteroatoms. The van der Waals surface area contributed by atoms with Gasteiger partial charge in [-0.05, 0) is 5.25 Å². The second-order valence-electron chi connectivity index (χ2n) is 2.99. The van der Waals surface area contributed by atoms with Crippen molar-refractivity contribution in [2.24, 2.45) is 0 Å². The fourth-order valence-electron chi connectivity index (χ4n) is 0.661. The Hall–Kier alpha value is -0.260. The summed E-state index contributed by atoms with van der Waals surface area (Å²) in [7, 11) is 0. The summed E-state index contributed by atoms with van der Waals surface area (Å²) in [6.45, 7) is 3.56. The van der Waals surface area contributed by atoms with Crippen LogP contribution in [0.5, 0.6) is 0 Å². The Morgan fingerprint density at radius 3 is 2.31 bits per heavy atom. The molecule has 0 aromatic carbocycles. The molecule has 0 radical (unpaired) electrons. The van der Waals surface area contributed by atoms with Gasteiger partial charge >= 0.3 is 0 Å². The highest BCUT2D eigenvalue weighted by Crippen LogP contribution is 2.07. The van der Waals surface area contributed by atoms with Crippen molar-refractivity contribution < 1.29 is 15.0 Å². The number of carbonyl (C=O) groups is 1. The molecule has 0 fully saturated rings. The highest BCUT2D eigenvalue weighted by Gasteiger charge is 2.10. The lowest BCUT2D eigenvalue weighted by Crippen LogP contribution is -2.41. The third kappa shape index (κ3) is 6.86. The van der Waals surface area contributed by atoms with Crippen LogP contribution in [-0.4, -0.2) is 46.4 Å². The van der Waals surface area contributed by atoms with Gasteiger partial charge in [-0.25, -0.2) is 0 Å². The van der Waals surface area contributed by atoms with E-state index in [9.17, 15) is 4.79 Å². The van der Waals surface area contributed by atoms with E-state index in [1.165, 1.54) is 11.8 Å². The Morgan fingerprint density at radius 1 is 1.38 bits per heavy atom. The van der Waals surface area contributed by atoms with Crippen LogP contribution in [-0.2, 0) is 4.79 Å². The third-order valence-corrected chi connectivity index (χ3v) is 2.45. The predicted octanol–water partition coefficient (Wildman–Crippen LogP) is -0.403. The van der Waals surface area contributed by atoms with E-state index in [-0.39, 0.29) is 19.1 Å². The lowest BCUT2D eigenvalue weighted by atomic mass is 10.3. The van der Waals surface area contributed by atoms with Crippen LogP contribution >= 0.6 is 11.8 Å². The van der Waals surface area contributed by atoms with E-state index in [1.54, 1.807) is 0 Å². The first-order valence-electron chi connectivity index (χ1n) is 4.22. The Bertz CT molecular complexity index is 148. The van der Waals surface area contributed by atoms with Gasteiger partial charge in [0.05, 0.1) is 25.0 Å². The fraction of sp³-hybridized carbons (Fsp3) is 0.875. The molecule has 0 aliphatic rings. The molecule has 13 heavy (non-hydrogen) atoms. The monoisotopic (exact) mass is 207 g/mol. The number of carbonyl (C=O) groups excluding carboxylic acids is 1. The molecule has 1 amide bonds. The van der Waals surface area contributed by atoms with Gasteiger partial charge in [-0.3, -0.25) is 4.79 Å². The molecule has 0 aliphatic carbocycles. The van der Waals surface area contributed by atoms with Crippen LogP contribution in [0.1, 0.15) is 13.8 Å². The Kier molecular flexibility index (Phi) is 7.03. The summed E-state index contributed by atoms with van der Waals surface area (Å²) in [5.41, 5.74) is 0. The largest absolute Gasteiger partial charge is 0.394 e. The van der Waals surface area contributed by atoms with E-state index in [0.717, 1.165) is 0 Å². The molecule has 0 aromatic rings. The normalized spacial score (nSPS) is 10.9. The van der Waals surface area contributed by atoms with E-state index in [2.05, 4.69) is 5.32 Å². The second kappa shape index (κ2) is 7.17. The summed E-state index contributed by atoms with van der Waals surface area (Å²) in [5.74, 6) is 0.223. The van der Waals surface area contributed by atoms with Crippen molar-refractivity contribution in [3.63, 3.8) is 0 Å². The van der Waals surface area contributed by atoms with Crippen LogP contribution in [0.2, 0.25) is 0 Å². The molecule has 0 heterocycles. The maximum Gasteiger partial charge on any atom is 0.230 e. The summed E-state index contributed by atoms with van der Waals surface area (Å²) in [4.78, 5) is 11.1. The van der Waals surface area contributed by atoms with Crippen molar-refractivity contribution in [1.29, 1.82) is 0 Å². The van der Waals surface area contributed by atoms with E-state index in [0.29, 0.717) is 11.0 Å². The van der Waals surface area contributed by atoms with Crippen LogP contribution in [0.3, 0.4) is 0 Å². The van der Waals surface area contributed by atoms with E-state index in [1.807, 2.05) is 13.8 Å². The van der Waals surface area contributed by atoms with Crippen molar-refractivity contribution in [3.8, 4) is 0 Å². The molecule has 0 saturated carbocycles. The molecule has 3 N–H and O–H groups in total. The second-order valence-corrected chi connectivity index (χ2v) is 4.55. The number of aliphatic hydroxyl groups is 2. The SMILES string of the molecule is CC(C)SCC(=O)NC(CO)CO. The topological polar surface area (TPSA) is 69.6 Å². The maximum absolute atomic E-state index is 11.1. The zero-order valence-corrected chi connectivity index (χ0v) is 8.80. The van der Waals surface area contributed by atoms with E-state index in [4.69, 9.17) is 10.2 Å². The highest BCUT2D eigenvalue weighted by atomic mass is 32.2. The number of hydrogen-bond donors (Lipinski definition) is 3. The van der Waals surface area contributed by atoms with Gasteiger partial charge in [0, 0.05) is 0 Å². The Morgan fingerprint density at radius 2 is 1.92 bits per heavy atom. The molecule has 0 unspecified atom stereocenters. The summed E-state index contributed by atoms with van der Waals surface area (Å²) >= 11 is 1.53. The summed E-state index contributed by atoms with van der Waals surface area (Å²) in [6.07, 6.45) is 0. The van der Waals surface area contributed by atoms with E-state index >= 15 is 0 Å².